The van der Waals surface area contributed by atoms with Gasteiger partial charge in [-0.2, -0.15) is 0 Å². The summed E-state index contributed by atoms with van der Waals surface area (Å²) in [5.41, 5.74) is 3.42. The lowest BCUT2D eigenvalue weighted by atomic mass is 10.2. The SMILES string of the molecule is Brc1cccc(CNCCc2nc3ccccc3[nH]2)c1. The Balaban J connectivity index is 1.52. The molecule has 20 heavy (non-hydrogen) atoms. The topological polar surface area (TPSA) is 40.7 Å². The highest BCUT2D eigenvalue weighted by molar-refractivity contribution is 9.10. The van der Waals surface area contributed by atoms with Crippen molar-refractivity contribution in [2.24, 2.45) is 0 Å². The zero-order valence-corrected chi connectivity index (χ0v) is 12.7. The number of imidazole rings is 1. The van der Waals surface area contributed by atoms with Gasteiger partial charge in [-0.25, -0.2) is 4.98 Å². The van der Waals surface area contributed by atoms with Gasteiger partial charge >= 0.3 is 0 Å². The van der Waals surface area contributed by atoms with Crippen LogP contribution in [0.4, 0.5) is 0 Å². The number of rotatable bonds is 5. The van der Waals surface area contributed by atoms with E-state index in [1.165, 1.54) is 5.56 Å². The van der Waals surface area contributed by atoms with Crippen LogP contribution >= 0.6 is 15.9 Å². The fourth-order valence-corrected chi connectivity index (χ4v) is 2.66. The Bertz CT molecular complexity index is 673. The summed E-state index contributed by atoms with van der Waals surface area (Å²) in [4.78, 5) is 7.91. The van der Waals surface area contributed by atoms with Crippen LogP contribution < -0.4 is 5.32 Å². The van der Waals surface area contributed by atoms with Crippen molar-refractivity contribution in [3.05, 3.63) is 64.4 Å². The molecule has 0 fully saturated rings. The van der Waals surface area contributed by atoms with Crippen LogP contribution in [0.15, 0.2) is 53.0 Å². The van der Waals surface area contributed by atoms with E-state index >= 15 is 0 Å². The third kappa shape index (κ3) is 3.26. The number of hydrogen-bond donors (Lipinski definition) is 2. The molecule has 3 aromatic rings. The Morgan fingerprint density at radius 3 is 2.85 bits per heavy atom. The molecular formula is C16H16BrN3. The van der Waals surface area contributed by atoms with Crippen molar-refractivity contribution >= 4 is 27.0 Å². The van der Waals surface area contributed by atoms with Crippen molar-refractivity contribution in [1.29, 1.82) is 0 Å². The summed E-state index contributed by atoms with van der Waals surface area (Å²) in [6, 6.07) is 16.5. The monoisotopic (exact) mass is 329 g/mol. The molecule has 3 nitrogen and oxygen atoms in total. The van der Waals surface area contributed by atoms with Gasteiger partial charge in [0, 0.05) is 24.0 Å². The van der Waals surface area contributed by atoms with Gasteiger partial charge in [-0.05, 0) is 29.8 Å². The van der Waals surface area contributed by atoms with E-state index in [9.17, 15) is 0 Å². The van der Waals surface area contributed by atoms with E-state index in [0.29, 0.717) is 0 Å². The Labute approximate surface area is 126 Å². The molecule has 3 rings (SSSR count). The van der Waals surface area contributed by atoms with Gasteiger partial charge in [-0.15, -0.1) is 0 Å². The zero-order valence-electron chi connectivity index (χ0n) is 11.1. The summed E-state index contributed by atoms with van der Waals surface area (Å²) >= 11 is 3.48. The van der Waals surface area contributed by atoms with Gasteiger partial charge in [0.2, 0.25) is 0 Å². The van der Waals surface area contributed by atoms with Gasteiger partial charge in [0.05, 0.1) is 11.0 Å². The maximum Gasteiger partial charge on any atom is 0.108 e. The van der Waals surface area contributed by atoms with Crippen LogP contribution in [0.3, 0.4) is 0 Å². The van der Waals surface area contributed by atoms with Crippen LogP contribution in [-0.4, -0.2) is 16.5 Å². The van der Waals surface area contributed by atoms with E-state index in [0.717, 1.165) is 40.8 Å². The number of halogens is 1. The lowest BCUT2D eigenvalue weighted by molar-refractivity contribution is 0.674. The summed E-state index contributed by atoms with van der Waals surface area (Å²) < 4.78 is 1.12. The zero-order chi connectivity index (χ0) is 13.8. The molecule has 1 aromatic heterocycles. The number of hydrogen-bond acceptors (Lipinski definition) is 2. The number of aromatic amines is 1. The first-order valence-corrected chi connectivity index (χ1v) is 7.49. The van der Waals surface area contributed by atoms with Gasteiger partial charge in [-0.1, -0.05) is 40.2 Å². The molecule has 2 N–H and O–H groups in total. The number of fused-ring (bicyclic) bond motifs is 1. The third-order valence-electron chi connectivity index (χ3n) is 3.20. The van der Waals surface area contributed by atoms with Gasteiger partial charge in [0.1, 0.15) is 5.82 Å². The number of para-hydroxylation sites is 2. The Hall–Kier alpha value is -1.65. The van der Waals surface area contributed by atoms with Crippen molar-refractivity contribution in [2.75, 3.05) is 6.54 Å². The quantitative estimate of drug-likeness (QED) is 0.701. The third-order valence-corrected chi connectivity index (χ3v) is 3.69. The summed E-state index contributed by atoms with van der Waals surface area (Å²) in [6.07, 6.45) is 0.905. The van der Waals surface area contributed by atoms with Crippen molar-refractivity contribution in [2.45, 2.75) is 13.0 Å². The molecule has 0 radical (unpaired) electrons. The van der Waals surface area contributed by atoms with Crippen molar-refractivity contribution in [1.82, 2.24) is 15.3 Å². The first kappa shape index (κ1) is 13.3. The summed E-state index contributed by atoms with van der Waals surface area (Å²) in [7, 11) is 0. The molecule has 0 unspecified atom stereocenters. The summed E-state index contributed by atoms with van der Waals surface area (Å²) in [5, 5.41) is 3.44. The highest BCUT2D eigenvalue weighted by atomic mass is 79.9. The van der Waals surface area contributed by atoms with Crippen molar-refractivity contribution < 1.29 is 0 Å². The first-order valence-electron chi connectivity index (χ1n) is 6.70. The molecule has 4 heteroatoms. The van der Waals surface area contributed by atoms with Crippen LogP contribution in [-0.2, 0) is 13.0 Å². The minimum atomic E-state index is 0.875. The molecular weight excluding hydrogens is 314 g/mol. The molecule has 0 saturated heterocycles. The molecule has 0 atom stereocenters. The van der Waals surface area contributed by atoms with E-state index in [1.54, 1.807) is 0 Å². The predicted octanol–water partition coefficient (Wildman–Crippen LogP) is 3.66. The van der Waals surface area contributed by atoms with E-state index in [2.05, 4.69) is 55.5 Å². The van der Waals surface area contributed by atoms with E-state index < -0.39 is 0 Å². The number of benzene rings is 2. The van der Waals surface area contributed by atoms with Crippen LogP contribution in [0.1, 0.15) is 11.4 Å². The average Bonchev–Trinajstić information content (AvgIpc) is 2.86. The standard InChI is InChI=1S/C16H16BrN3/c17-13-5-3-4-12(10-13)11-18-9-8-16-19-14-6-1-2-7-15(14)20-16/h1-7,10,18H,8-9,11H2,(H,19,20). The van der Waals surface area contributed by atoms with E-state index in [-0.39, 0.29) is 0 Å². The first-order chi connectivity index (χ1) is 9.81. The molecule has 102 valence electrons. The summed E-state index contributed by atoms with van der Waals surface area (Å²) in [6.45, 7) is 1.78. The lowest BCUT2D eigenvalue weighted by Gasteiger charge is -2.04. The average molecular weight is 330 g/mol. The second-order valence-electron chi connectivity index (χ2n) is 4.76. The minimum absolute atomic E-state index is 0.875. The minimum Gasteiger partial charge on any atom is -0.342 e. The second-order valence-corrected chi connectivity index (χ2v) is 5.67. The Morgan fingerprint density at radius 1 is 1.10 bits per heavy atom. The second kappa shape index (κ2) is 6.20. The van der Waals surface area contributed by atoms with Crippen molar-refractivity contribution in [3.63, 3.8) is 0 Å². The molecule has 2 aromatic carbocycles. The lowest BCUT2D eigenvalue weighted by Crippen LogP contribution is -2.17. The van der Waals surface area contributed by atoms with Crippen molar-refractivity contribution in [3.8, 4) is 0 Å². The van der Waals surface area contributed by atoms with Crippen LogP contribution in [0.2, 0.25) is 0 Å². The number of nitrogens with one attached hydrogen (secondary N) is 2. The number of nitrogens with zero attached hydrogens (tertiary/aromatic N) is 1. The highest BCUT2D eigenvalue weighted by Gasteiger charge is 2.01. The van der Waals surface area contributed by atoms with Gasteiger partial charge < -0.3 is 10.3 Å². The number of H-pyrrole nitrogens is 1. The maximum absolute atomic E-state index is 4.57. The molecule has 0 bridgehead atoms. The van der Waals surface area contributed by atoms with Gasteiger partial charge in [0.25, 0.3) is 0 Å². The molecule has 0 amide bonds. The fraction of sp³-hybridized carbons (Fsp3) is 0.188. The molecule has 1 heterocycles. The summed E-state index contributed by atoms with van der Waals surface area (Å²) in [5.74, 6) is 1.04. The Kier molecular flexibility index (Phi) is 4.14. The molecule has 0 spiro atoms. The number of aromatic nitrogens is 2. The van der Waals surface area contributed by atoms with E-state index in [1.807, 2.05) is 24.3 Å². The van der Waals surface area contributed by atoms with Crippen LogP contribution in [0.25, 0.3) is 11.0 Å². The van der Waals surface area contributed by atoms with Gasteiger partial charge in [-0.3, -0.25) is 0 Å². The Morgan fingerprint density at radius 2 is 2.00 bits per heavy atom. The fourth-order valence-electron chi connectivity index (χ4n) is 2.21. The van der Waals surface area contributed by atoms with Crippen LogP contribution in [0, 0.1) is 0 Å². The van der Waals surface area contributed by atoms with E-state index in [4.69, 9.17) is 0 Å². The molecule has 0 aliphatic heterocycles. The molecule has 0 aliphatic rings. The molecule has 0 saturated carbocycles. The predicted molar refractivity (Wildman–Crippen MR) is 85.6 cm³/mol. The maximum atomic E-state index is 4.57. The van der Waals surface area contributed by atoms with Crippen LogP contribution in [0.5, 0.6) is 0 Å². The highest BCUT2D eigenvalue weighted by Crippen LogP contribution is 2.12. The molecule has 0 aliphatic carbocycles. The normalized spacial score (nSPS) is 11.1. The largest absolute Gasteiger partial charge is 0.342 e. The smallest absolute Gasteiger partial charge is 0.108 e. The van der Waals surface area contributed by atoms with Gasteiger partial charge in [0.15, 0.2) is 0 Å².